The number of nitro groups is 1. The van der Waals surface area contributed by atoms with Gasteiger partial charge in [-0.1, -0.05) is 37.3 Å². The predicted molar refractivity (Wildman–Crippen MR) is 108 cm³/mol. The molecule has 1 atom stereocenters. The highest BCUT2D eigenvalue weighted by molar-refractivity contribution is 6.08. The summed E-state index contributed by atoms with van der Waals surface area (Å²) < 4.78 is 10.2. The van der Waals surface area contributed by atoms with Crippen LogP contribution in [0.3, 0.4) is 0 Å². The number of imide groups is 1. The Morgan fingerprint density at radius 3 is 2.37 bits per heavy atom. The molecule has 156 valence electrons. The zero-order valence-electron chi connectivity index (χ0n) is 16.6. The van der Waals surface area contributed by atoms with Crippen LogP contribution >= 0.6 is 0 Å². The van der Waals surface area contributed by atoms with Crippen molar-refractivity contribution in [3.8, 4) is 11.5 Å². The van der Waals surface area contributed by atoms with Gasteiger partial charge < -0.3 is 14.8 Å². The van der Waals surface area contributed by atoms with E-state index in [0.29, 0.717) is 17.0 Å². The van der Waals surface area contributed by atoms with E-state index < -0.39 is 22.4 Å². The van der Waals surface area contributed by atoms with Crippen LogP contribution in [-0.2, 0) is 10.3 Å². The second-order valence-electron chi connectivity index (χ2n) is 6.44. The number of nitro benzene ring substituents is 1. The normalized spacial score (nSPS) is 18.6. The molecule has 3 rings (SSSR count). The molecule has 2 aromatic rings. The quantitative estimate of drug-likeness (QED) is 0.323. The summed E-state index contributed by atoms with van der Waals surface area (Å²) in [6.07, 6.45) is 1.39. The first kappa shape index (κ1) is 20.8. The van der Waals surface area contributed by atoms with E-state index in [1.807, 2.05) is 0 Å². The summed E-state index contributed by atoms with van der Waals surface area (Å²) >= 11 is 0. The molecule has 2 aromatic carbocycles. The number of hydrazone groups is 1. The fourth-order valence-corrected chi connectivity index (χ4v) is 3.29. The number of rotatable bonds is 7. The van der Waals surface area contributed by atoms with Crippen LogP contribution in [0.15, 0.2) is 47.6 Å². The van der Waals surface area contributed by atoms with E-state index in [9.17, 15) is 19.7 Å². The molecule has 0 unspecified atom stereocenters. The second kappa shape index (κ2) is 8.19. The Balaban J connectivity index is 2.00. The number of benzene rings is 2. The van der Waals surface area contributed by atoms with Crippen LogP contribution in [0, 0.1) is 10.1 Å². The van der Waals surface area contributed by atoms with Crippen molar-refractivity contribution in [2.45, 2.75) is 18.9 Å². The van der Waals surface area contributed by atoms with E-state index in [-0.39, 0.29) is 22.7 Å². The molecule has 1 aliphatic heterocycles. The molecule has 0 aliphatic carbocycles. The number of methoxy groups -OCH3 is 2. The molecular weight excluding hydrogens is 392 g/mol. The van der Waals surface area contributed by atoms with E-state index >= 15 is 0 Å². The average Bonchev–Trinajstić information content (AvgIpc) is 3.02. The van der Waals surface area contributed by atoms with Crippen LogP contribution in [-0.4, -0.2) is 42.3 Å². The van der Waals surface area contributed by atoms with Crippen molar-refractivity contribution in [2.75, 3.05) is 14.2 Å². The SMILES string of the molecule is CC[C@@]1(c2ccccc2)NC(=O)N(/N=C\c2cc(OC)c(OC)cc2[N+](=O)[O-])C1=O. The van der Waals surface area contributed by atoms with Gasteiger partial charge in [0.15, 0.2) is 11.5 Å². The van der Waals surface area contributed by atoms with Gasteiger partial charge in [-0.3, -0.25) is 14.9 Å². The molecule has 10 heteroatoms. The number of urea groups is 1. The maximum Gasteiger partial charge on any atom is 0.346 e. The van der Waals surface area contributed by atoms with Crippen molar-refractivity contribution in [1.29, 1.82) is 0 Å². The maximum absolute atomic E-state index is 13.1. The Kier molecular flexibility index (Phi) is 5.67. The lowest BCUT2D eigenvalue weighted by Crippen LogP contribution is -2.43. The van der Waals surface area contributed by atoms with Gasteiger partial charge >= 0.3 is 6.03 Å². The van der Waals surface area contributed by atoms with Gasteiger partial charge in [0.05, 0.1) is 37.0 Å². The number of nitrogens with one attached hydrogen (secondary N) is 1. The number of carbonyl (C=O) groups is 2. The molecule has 1 saturated heterocycles. The van der Waals surface area contributed by atoms with Gasteiger partial charge in [0.2, 0.25) is 0 Å². The van der Waals surface area contributed by atoms with Gasteiger partial charge in [-0.15, -0.1) is 5.01 Å². The molecule has 0 aromatic heterocycles. The second-order valence-corrected chi connectivity index (χ2v) is 6.44. The van der Waals surface area contributed by atoms with Gasteiger partial charge in [-0.05, 0) is 18.1 Å². The van der Waals surface area contributed by atoms with E-state index in [1.54, 1.807) is 37.3 Å². The van der Waals surface area contributed by atoms with Gasteiger partial charge in [0.1, 0.15) is 5.54 Å². The minimum atomic E-state index is -1.25. The number of ether oxygens (including phenoxy) is 2. The molecule has 3 amide bonds. The summed E-state index contributed by atoms with van der Waals surface area (Å²) in [7, 11) is 2.74. The zero-order valence-corrected chi connectivity index (χ0v) is 16.6. The van der Waals surface area contributed by atoms with Crippen LogP contribution in [0.25, 0.3) is 0 Å². The van der Waals surface area contributed by atoms with Crippen molar-refractivity contribution in [3.05, 3.63) is 63.7 Å². The molecular formula is C20H20N4O6. The topological polar surface area (TPSA) is 123 Å². The molecule has 1 heterocycles. The van der Waals surface area contributed by atoms with Crippen LogP contribution < -0.4 is 14.8 Å². The Morgan fingerprint density at radius 1 is 1.17 bits per heavy atom. The van der Waals surface area contributed by atoms with Crippen molar-refractivity contribution < 1.29 is 24.0 Å². The Hall–Kier alpha value is -3.95. The molecule has 1 fully saturated rings. The molecule has 1 aliphatic rings. The number of hydrogen-bond acceptors (Lipinski definition) is 7. The first-order valence-corrected chi connectivity index (χ1v) is 9.04. The first-order valence-electron chi connectivity index (χ1n) is 9.04. The molecule has 0 radical (unpaired) electrons. The lowest BCUT2D eigenvalue weighted by molar-refractivity contribution is -0.385. The van der Waals surface area contributed by atoms with Gasteiger partial charge in [0, 0.05) is 0 Å². The molecule has 0 spiro atoms. The Morgan fingerprint density at radius 2 is 1.80 bits per heavy atom. The highest BCUT2D eigenvalue weighted by Gasteiger charge is 2.51. The Labute approximate surface area is 172 Å². The molecule has 30 heavy (non-hydrogen) atoms. The van der Waals surface area contributed by atoms with Crippen LogP contribution in [0.5, 0.6) is 11.5 Å². The first-order chi connectivity index (χ1) is 14.4. The number of amides is 3. The van der Waals surface area contributed by atoms with Gasteiger partial charge in [-0.25, -0.2) is 4.79 Å². The smallest absolute Gasteiger partial charge is 0.346 e. The molecule has 10 nitrogen and oxygen atoms in total. The number of hydrogen-bond donors (Lipinski definition) is 1. The summed E-state index contributed by atoms with van der Waals surface area (Å²) in [4.78, 5) is 36.4. The third-order valence-corrected chi connectivity index (χ3v) is 4.91. The molecule has 0 bridgehead atoms. The van der Waals surface area contributed by atoms with Crippen molar-refractivity contribution in [2.24, 2.45) is 5.10 Å². The highest BCUT2D eigenvalue weighted by Crippen LogP contribution is 2.35. The number of carbonyl (C=O) groups excluding carboxylic acids is 2. The summed E-state index contributed by atoms with van der Waals surface area (Å²) in [6, 6.07) is 10.7. The molecule has 1 N–H and O–H groups in total. The minimum absolute atomic E-state index is 0.0481. The van der Waals surface area contributed by atoms with Crippen LogP contribution in [0.1, 0.15) is 24.5 Å². The lowest BCUT2D eigenvalue weighted by atomic mass is 9.87. The monoisotopic (exact) mass is 412 g/mol. The largest absolute Gasteiger partial charge is 0.493 e. The van der Waals surface area contributed by atoms with Gasteiger partial charge in [-0.2, -0.15) is 5.10 Å². The summed E-state index contributed by atoms with van der Waals surface area (Å²) in [6.45, 7) is 1.78. The maximum atomic E-state index is 13.1. The minimum Gasteiger partial charge on any atom is -0.493 e. The van der Waals surface area contributed by atoms with E-state index in [2.05, 4.69) is 10.4 Å². The fraction of sp³-hybridized carbons (Fsp3) is 0.250. The van der Waals surface area contributed by atoms with Crippen LogP contribution in [0.4, 0.5) is 10.5 Å². The van der Waals surface area contributed by atoms with Gasteiger partial charge in [0.25, 0.3) is 11.6 Å². The standard InChI is InChI=1S/C20H20N4O6/c1-4-20(14-8-6-5-7-9-14)18(25)23(19(26)22-20)21-12-13-10-16(29-2)17(30-3)11-15(13)24(27)28/h5-12H,4H2,1-3H3,(H,22,26)/b21-12-/t20-/m0/s1. The predicted octanol–water partition coefficient (Wildman–Crippen LogP) is 2.80. The molecule has 0 saturated carbocycles. The zero-order chi connectivity index (χ0) is 21.9. The van der Waals surface area contributed by atoms with Crippen molar-refractivity contribution >= 4 is 23.8 Å². The summed E-state index contributed by atoms with van der Waals surface area (Å²) in [5, 5.41) is 18.8. The van der Waals surface area contributed by atoms with Crippen LogP contribution in [0.2, 0.25) is 0 Å². The Bertz CT molecular complexity index is 1020. The summed E-state index contributed by atoms with van der Waals surface area (Å²) in [5.74, 6) is -0.153. The lowest BCUT2D eigenvalue weighted by Gasteiger charge is -2.24. The highest BCUT2D eigenvalue weighted by atomic mass is 16.6. The van der Waals surface area contributed by atoms with E-state index in [0.717, 1.165) is 6.21 Å². The average molecular weight is 412 g/mol. The van der Waals surface area contributed by atoms with E-state index in [1.165, 1.54) is 26.4 Å². The number of nitrogens with zero attached hydrogens (tertiary/aromatic N) is 3. The van der Waals surface area contributed by atoms with Crippen molar-refractivity contribution in [3.63, 3.8) is 0 Å². The van der Waals surface area contributed by atoms with Crippen molar-refractivity contribution in [1.82, 2.24) is 10.3 Å². The third-order valence-electron chi connectivity index (χ3n) is 4.91. The fourth-order valence-electron chi connectivity index (χ4n) is 3.29. The summed E-state index contributed by atoms with van der Waals surface area (Å²) in [5.41, 5.74) is -0.889. The third kappa shape index (κ3) is 3.43. The van der Waals surface area contributed by atoms with E-state index in [4.69, 9.17) is 9.47 Å².